The minimum atomic E-state index is -0.118. The van der Waals surface area contributed by atoms with E-state index >= 15 is 0 Å². The molecule has 0 aliphatic heterocycles. The monoisotopic (exact) mass is 377 g/mol. The molecular weight excluding hydrogens is 354 g/mol. The van der Waals surface area contributed by atoms with Gasteiger partial charge in [0.1, 0.15) is 18.3 Å². The van der Waals surface area contributed by atoms with Crippen molar-refractivity contribution in [1.82, 2.24) is 24.6 Å². The first-order valence-corrected chi connectivity index (χ1v) is 9.44. The summed E-state index contributed by atoms with van der Waals surface area (Å²) in [5.74, 6) is 0.0287. The lowest BCUT2D eigenvalue weighted by Crippen LogP contribution is -2.30. The molecule has 2 aromatic heterocycles. The lowest BCUT2D eigenvalue weighted by atomic mass is 9.93. The SMILES string of the molecule is Cc1c(C(=O)N(C)C(C)c2ccc(-n3cncn3)cc2)[nH]c2c1C(=O)CCC2. The molecule has 1 unspecified atom stereocenters. The molecule has 1 N–H and O–H groups in total. The van der Waals surface area contributed by atoms with Crippen molar-refractivity contribution in [3.63, 3.8) is 0 Å². The third kappa shape index (κ3) is 3.02. The summed E-state index contributed by atoms with van der Waals surface area (Å²) in [4.78, 5) is 34.2. The minimum Gasteiger partial charge on any atom is -0.354 e. The number of carbonyl (C=O) groups is 2. The summed E-state index contributed by atoms with van der Waals surface area (Å²) in [6.45, 7) is 3.85. The fourth-order valence-electron chi connectivity index (χ4n) is 3.81. The molecule has 1 atom stereocenters. The van der Waals surface area contributed by atoms with E-state index in [1.807, 2.05) is 38.1 Å². The number of hydrogen-bond acceptors (Lipinski definition) is 4. The maximum Gasteiger partial charge on any atom is 0.270 e. The summed E-state index contributed by atoms with van der Waals surface area (Å²) in [5, 5.41) is 4.12. The van der Waals surface area contributed by atoms with Crippen LogP contribution in [0.3, 0.4) is 0 Å². The first-order valence-electron chi connectivity index (χ1n) is 9.44. The van der Waals surface area contributed by atoms with Gasteiger partial charge in [-0.15, -0.1) is 0 Å². The Bertz CT molecular complexity index is 1020. The van der Waals surface area contributed by atoms with Gasteiger partial charge in [0.25, 0.3) is 5.91 Å². The van der Waals surface area contributed by atoms with Crippen molar-refractivity contribution in [1.29, 1.82) is 0 Å². The third-order valence-corrected chi connectivity index (χ3v) is 5.61. The van der Waals surface area contributed by atoms with Crippen LogP contribution < -0.4 is 0 Å². The number of hydrogen-bond donors (Lipinski definition) is 1. The number of benzene rings is 1. The number of amides is 1. The van der Waals surface area contributed by atoms with E-state index in [-0.39, 0.29) is 17.7 Å². The van der Waals surface area contributed by atoms with E-state index in [1.54, 1.807) is 23.0 Å². The van der Waals surface area contributed by atoms with Crippen molar-refractivity contribution in [3.8, 4) is 5.69 Å². The fraction of sp³-hybridized carbons (Fsp3) is 0.333. The maximum atomic E-state index is 13.1. The van der Waals surface area contributed by atoms with Crippen molar-refractivity contribution >= 4 is 11.7 Å². The van der Waals surface area contributed by atoms with Crippen molar-refractivity contribution in [2.24, 2.45) is 0 Å². The number of rotatable bonds is 4. The number of aromatic nitrogens is 4. The zero-order valence-corrected chi connectivity index (χ0v) is 16.3. The van der Waals surface area contributed by atoms with Gasteiger partial charge >= 0.3 is 0 Å². The fourth-order valence-corrected chi connectivity index (χ4v) is 3.81. The molecule has 7 heteroatoms. The molecule has 144 valence electrons. The lowest BCUT2D eigenvalue weighted by molar-refractivity contribution is 0.0736. The molecule has 1 aromatic carbocycles. The molecular formula is C21H23N5O2. The summed E-state index contributed by atoms with van der Waals surface area (Å²) in [5.41, 5.74) is 4.83. The van der Waals surface area contributed by atoms with Crippen LogP contribution in [0.2, 0.25) is 0 Å². The first kappa shape index (κ1) is 18.2. The van der Waals surface area contributed by atoms with E-state index in [1.165, 1.54) is 6.33 Å². The third-order valence-electron chi connectivity index (χ3n) is 5.61. The lowest BCUT2D eigenvalue weighted by Gasteiger charge is -2.25. The van der Waals surface area contributed by atoms with Crippen molar-refractivity contribution in [3.05, 3.63) is 65.0 Å². The highest BCUT2D eigenvalue weighted by Gasteiger charge is 2.29. The molecule has 0 radical (unpaired) electrons. The molecule has 1 aliphatic carbocycles. The summed E-state index contributed by atoms with van der Waals surface area (Å²) in [6.07, 6.45) is 5.35. The average molecular weight is 377 g/mol. The Hall–Kier alpha value is -3.22. The van der Waals surface area contributed by atoms with Gasteiger partial charge in [-0.2, -0.15) is 5.10 Å². The van der Waals surface area contributed by atoms with Gasteiger partial charge in [-0.05, 0) is 49.9 Å². The van der Waals surface area contributed by atoms with Crippen LogP contribution in [0.25, 0.3) is 5.69 Å². The molecule has 3 aromatic rings. The van der Waals surface area contributed by atoms with Gasteiger partial charge < -0.3 is 9.88 Å². The Morgan fingerprint density at radius 2 is 2.00 bits per heavy atom. The number of ketones is 1. The Kier molecular flexibility index (Phi) is 4.58. The van der Waals surface area contributed by atoms with E-state index in [0.29, 0.717) is 17.7 Å². The van der Waals surface area contributed by atoms with E-state index in [9.17, 15) is 9.59 Å². The predicted molar refractivity (Wildman–Crippen MR) is 105 cm³/mol. The van der Waals surface area contributed by atoms with E-state index in [4.69, 9.17) is 0 Å². The number of H-pyrrole nitrogens is 1. The zero-order valence-electron chi connectivity index (χ0n) is 16.3. The minimum absolute atomic E-state index is 0.104. The number of nitrogens with one attached hydrogen (secondary N) is 1. The summed E-state index contributed by atoms with van der Waals surface area (Å²) in [6, 6.07) is 7.77. The second-order valence-corrected chi connectivity index (χ2v) is 7.28. The predicted octanol–water partition coefficient (Wildman–Crippen LogP) is 3.26. The number of carbonyl (C=O) groups excluding carboxylic acids is 2. The standard InChI is InChI=1S/C21H23N5O2/c1-13-19-17(5-4-6-18(19)27)24-20(13)21(28)25(3)14(2)15-7-9-16(10-8-15)26-12-22-11-23-26/h7-12,14,24H,4-6H2,1-3H3. The van der Waals surface area contributed by atoms with Gasteiger partial charge in [0.2, 0.25) is 0 Å². The normalized spacial score (nSPS) is 14.6. The molecule has 1 amide bonds. The number of nitrogens with zero attached hydrogens (tertiary/aromatic N) is 4. The Morgan fingerprint density at radius 1 is 1.25 bits per heavy atom. The van der Waals surface area contributed by atoms with Crippen molar-refractivity contribution < 1.29 is 9.59 Å². The van der Waals surface area contributed by atoms with E-state index < -0.39 is 0 Å². The summed E-state index contributed by atoms with van der Waals surface area (Å²) >= 11 is 0. The van der Waals surface area contributed by atoms with Gasteiger partial charge in [-0.1, -0.05) is 12.1 Å². The van der Waals surface area contributed by atoms with Crippen molar-refractivity contribution in [2.75, 3.05) is 7.05 Å². The van der Waals surface area contributed by atoms with E-state index in [0.717, 1.165) is 35.3 Å². The van der Waals surface area contributed by atoms with Crippen LogP contribution in [0.15, 0.2) is 36.9 Å². The van der Waals surface area contributed by atoms with Gasteiger partial charge in [-0.3, -0.25) is 9.59 Å². The Labute approximate surface area is 163 Å². The molecule has 0 spiro atoms. The average Bonchev–Trinajstić information content (AvgIpc) is 3.35. The van der Waals surface area contributed by atoms with Crippen LogP contribution in [0.4, 0.5) is 0 Å². The Morgan fingerprint density at radius 3 is 2.64 bits per heavy atom. The first-order chi connectivity index (χ1) is 13.5. The van der Waals surface area contributed by atoms with Gasteiger partial charge in [0.05, 0.1) is 11.7 Å². The van der Waals surface area contributed by atoms with Crippen LogP contribution in [-0.2, 0) is 6.42 Å². The van der Waals surface area contributed by atoms with E-state index in [2.05, 4.69) is 15.1 Å². The molecule has 2 heterocycles. The molecule has 0 saturated carbocycles. The largest absolute Gasteiger partial charge is 0.354 e. The number of aromatic amines is 1. The molecule has 0 saturated heterocycles. The van der Waals surface area contributed by atoms with Gasteiger partial charge in [-0.25, -0.2) is 9.67 Å². The molecule has 4 rings (SSSR count). The summed E-state index contributed by atoms with van der Waals surface area (Å²) in [7, 11) is 1.79. The number of fused-ring (bicyclic) bond motifs is 1. The number of aryl methyl sites for hydroxylation is 1. The molecule has 0 bridgehead atoms. The van der Waals surface area contributed by atoms with Crippen LogP contribution in [-0.4, -0.2) is 43.4 Å². The number of Topliss-reactive ketones (excluding diaryl/α,β-unsaturated/α-hetero) is 1. The van der Waals surface area contributed by atoms with Crippen molar-refractivity contribution in [2.45, 2.75) is 39.2 Å². The van der Waals surface area contributed by atoms with Crippen LogP contribution >= 0.6 is 0 Å². The van der Waals surface area contributed by atoms with Crippen LogP contribution in [0.5, 0.6) is 0 Å². The van der Waals surface area contributed by atoms with Crippen LogP contribution in [0.1, 0.15) is 63.5 Å². The molecule has 1 aliphatic rings. The second-order valence-electron chi connectivity index (χ2n) is 7.28. The highest BCUT2D eigenvalue weighted by molar-refractivity contribution is 6.04. The molecule has 28 heavy (non-hydrogen) atoms. The highest BCUT2D eigenvalue weighted by atomic mass is 16.2. The molecule has 7 nitrogen and oxygen atoms in total. The second kappa shape index (κ2) is 7.07. The van der Waals surface area contributed by atoms with Crippen LogP contribution in [0, 0.1) is 6.92 Å². The molecule has 0 fully saturated rings. The Balaban J connectivity index is 1.56. The summed E-state index contributed by atoms with van der Waals surface area (Å²) < 4.78 is 1.69. The maximum absolute atomic E-state index is 13.1. The van der Waals surface area contributed by atoms with Gasteiger partial charge in [0.15, 0.2) is 5.78 Å². The highest BCUT2D eigenvalue weighted by Crippen LogP contribution is 2.29. The van der Waals surface area contributed by atoms with Gasteiger partial charge in [0, 0.05) is 24.7 Å². The topological polar surface area (TPSA) is 83.9 Å². The zero-order chi connectivity index (χ0) is 19.8. The quantitative estimate of drug-likeness (QED) is 0.756. The smallest absolute Gasteiger partial charge is 0.270 e.